The molecule has 30 heavy (non-hydrogen) atoms. The van der Waals surface area contributed by atoms with E-state index in [1.165, 1.54) is 17.8 Å². The molecular formula is C22H26ClN5OS. The molecule has 0 saturated carbocycles. The Labute approximate surface area is 185 Å². The minimum absolute atomic E-state index is 0.144. The van der Waals surface area contributed by atoms with Gasteiger partial charge in [0.25, 0.3) is 5.91 Å². The maximum absolute atomic E-state index is 13.0. The van der Waals surface area contributed by atoms with Crippen LogP contribution < -0.4 is 10.2 Å². The van der Waals surface area contributed by atoms with Gasteiger partial charge in [0.1, 0.15) is 17.0 Å². The van der Waals surface area contributed by atoms with E-state index in [9.17, 15) is 4.79 Å². The number of carbonyl (C=O) groups is 1. The normalized spacial score (nSPS) is 15.0. The molecule has 1 aliphatic rings. The number of hydrogen-bond donors (Lipinski definition) is 1. The van der Waals surface area contributed by atoms with Crippen LogP contribution in [0.3, 0.4) is 0 Å². The predicted molar refractivity (Wildman–Crippen MR) is 125 cm³/mol. The summed E-state index contributed by atoms with van der Waals surface area (Å²) in [6.07, 6.45) is 2.78. The largest absolute Gasteiger partial charge is 0.353 e. The molecule has 3 aromatic rings. The number of nitrogens with one attached hydrogen (secondary N) is 1. The predicted octanol–water partition coefficient (Wildman–Crippen LogP) is 4.75. The van der Waals surface area contributed by atoms with Crippen LogP contribution in [0.1, 0.15) is 34.1 Å². The molecule has 1 aliphatic heterocycles. The Morgan fingerprint density at radius 3 is 2.67 bits per heavy atom. The summed E-state index contributed by atoms with van der Waals surface area (Å²) in [4.78, 5) is 28.3. The van der Waals surface area contributed by atoms with Gasteiger partial charge in [-0.2, -0.15) is 0 Å². The number of amides is 1. The minimum atomic E-state index is -0.144. The van der Waals surface area contributed by atoms with Gasteiger partial charge < -0.3 is 10.2 Å². The van der Waals surface area contributed by atoms with Gasteiger partial charge in [0.05, 0.1) is 10.3 Å². The molecule has 0 atom stereocenters. The number of hydrogen-bond acceptors (Lipinski definition) is 6. The molecule has 1 saturated heterocycles. The zero-order valence-corrected chi connectivity index (χ0v) is 19.1. The zero-order valence-electron chi connectivity index (χ0n) is 17.5. The highest BCUT2D eigenvalue weighted by molar-refractivity contribution is 7.20. The number of anilines is 2. The standard InChI is InChI=1S/C22H26ClN5OS/c1-4-7-27-8-10-28(11-9-27)20-18-15(3)19(30-22(18)25-13-24-20)21(29)26-16-6-5-14(2)17(23)12-16/h5-6,12-13H,4,7-11H2,1-3H3,(H,26,29). The first-order valence-corrected chi connectivity index (χ1v) is 11.5. The van der Waals surface area contributed by atoms with Crippen LogP contribution in [0.15, 0.2) is 24.5 Å². The second-order valence-electron chi connectivity index (χ2n) is 7.68. The number of carbonyl (C=O) groups excluding carboxylic acids is 1. The van der Waals surface area contributed by atoms with Crippen LogP contribution in [0.4, 0.5) is 11.5 Å². The molecule has 158 valence electrons. The average Bonchev–Trinajstić information content (AvgIpc) is 3.09. The Hall–Kier alpha value is -2.22. The van der Waals surface area contributed by atoms with Gasteiger partial charge in [-0.1, -0.05) is 24.6 Å². The third kappa shape index (κ3) is 4.15. The van der Waals surface area contributed by atoms with Gasteiger partial charge in [-0.05, 0) is 50.1 Å². The summed E-state index contributed by atoms with van der Waals surface area (Å²) in [5.74, 6) is 0.788. The molecular weight excluding hydrogens is 418 g/mol. The van der Waals surface area contributed by atoms with Crippen LogP contribution >= 0.6 is 22.9 Å². The average molecular weight is 444 g/mol. The van der Waals surface area contributed by atoms with Crippen molar-refractivity contribution in [2.24, 2.45) is 0 Å². The van der Waals surface area contributed by atoms with Crippen LogP contribution in [-0.2, 0) is 0 Å². The van der Waals surface area contributed by atoms with Gasteiger partial charge in [0, 0.05) is 36.9 Å². The van der Waals surface area contributed by atoms with Crippen LogP contribution in [0.2, 0.25) is 5.02 Å². The van der Waals surface area contributed by atoms with E-state index in [2.05, 4.69) is 32.0 Å². The Bertz CT molecular complexity index is 1070. The smallest absolute Gasteiger partial charge is 0.266 e. The highest BCUT2D eigenvalue weighted by Crippen LogP contribution is 2.35. The van der Waals surface area contributed by atoms with Gasteiger partial charge in [0.15, 0.2) is 0 Å². The van der Waals surface area contributed by atoms with E-state index in [0.29, 0.717) is 15.6 Å². The molecule has 2 aromatic heterocycles. The van der Waals surface area contributed by atoms with Crippen molar-refractivity contribution in [1.29, 1.82) is 0 Å². The first kappa shape index (κ1) is 21.0. The maximum Gasteiger partial charge on any atom is 0.266 e. The van der Waals surface area contributed by atoms with E-state index in [-0.39, 0.29) is 5.91 Å². The molecule has 0 bridgehead atoms. The van der Waals surface area contributed by atoms with E-state index in [1.807, 2.05) is 26.0 Å². The molecule has 0 unspecified atom stereocenters. The van der Waals surface area contributed by atoms with Crippen molar-refractivity contribution in [2.75, 3.05) is 42.9 Å². The molecule has 0 spiro atoms. The lowest BCUT2D eigenvalue weighted by Gasteiger charge is -2.35. The molecule has 1 amide bonds. The lowest BCUT2D eigenvalue weighted by Crippen LogP contribution is -2.46. The van der Waals surface area contributed by atoms with Gasteiger partial charge in [-0.25, -0.2) is 9.97 Å². The number of aryl methyl sites for hydroxylation is 2. The fraction of sp³-hybridized carbons (Fsp3) is 0.409. The summed E-state index contributed by atoms with van der Waals surface area (Å²) in [6.45, 7) is 11.2. The summed E-state index contributed by atoms with van der Waals surface area (Å²) < 4.78 is 0. The third-order valence-corrected chi connectivity index (χ3v) is 7.16. The monoisotopic (exact) mass is 443 g/mol. The Kier molecular flexibility index (Phi) is 6.22. The number of piperazine rings is 1. The van der Waals surface area contributed by atoms with Gasteiger partial charge in [-0.3, -0.25) is 9.69 Å². The summed E-state index contributed by atoms with van der Waals surface area (Å²) >= 11 is 7.61. The van der Waals surface area contributed by atoms with Crippen molar-refractivity contribution in [3.8, 4) is 0 Å². The number of nitrogens with zero attached hydrogens (tertiary/aromatic N) is 4. The van der Waals surface area contributed by atoms with Gasteiger partial charge >= 0.3 is 0 Å². The van der Waals surface area contributed by atoms with Crippen molar-refractivity contribution in [1.82, 2.24) is 14.9 Å². The summed E-state index contributed by atoms with van der Waals surface area (Å²) in [6, 6.07) is 5.54. The van der Waals surface area contributed by atoms with E-state index >= 15 is 0 Å². The first-order valence-electron chi connectivity index (χ1n) is 10.3. The summed E-state index contributed by atoms with van der Waals surface area (Å²) in [7, 11) is 0. The van der Waals surface area contributed by atoms with Crippen molar-refractivity contribution in [2.45, 2.75) is 27.2 Å². The molecule has 6 nitrogen and oxygen atoms in total. The van der Waals surface area contributed by atoms with Crippen LogP contribution in [0, 0.1) is 13.8 Å². The van der Waals surface area contributed by atoms with Crippen molar-refractivity contribution in [3.05, 3.63) is 45.6 Å². The Morgan fingerprint density at radius 2 is 1.97 bits per heavy atom. The Balaban J connectivity index is 1.60. The molecule has 3 heterocycles. The molecule has 8 heteroatoms. The second-order valence-corrected chi connectivity index (χ2v) is 9.09. The van der Waals surface area contributed by atoms with Gasteiger partial charge in [0.2, 0.25) is 0 Å². The van der Waals surface area contributed by atoms with E-state index < -0.39 is 0 Å². The van der Waals surface area contributed by atoms with Crippen LogP contribution in [-0.4, -0.2) is 53.5 Å². The van der Waals surface area contributed by atoms with E-state index in [0.717, 1.165) is 59.9 Å². The zero-order chi connectivity index (χ0) is 21.3. The van der Waals surface area contributed by atoms with Crippen LogP contribution in [0.25, 0.3) is 10.2 Å². The fourth-order valence-electron chi connectivity index (χ4n) is 3.87. The number of rotatable bonds is 5. The Morgan fingerprint density at radius 1 is 1.20 bits per heavy atom. The first-order chi connectivity index (χ1) is 14.5. The van der Waals surface area contributed by atoms with Crippen LogP contribution in [0.5, 0.6) is 0 Å². The third-order valence-electron chi connectivity index (χ3n) is 5.55. The molecule has 1 fully saturated rings. The lowest BCUT2D eigenvalue weighted by molar-refractivity contribution is 0.103. The maximum atomic E-state index is 13.0. The summed E-state index contributed by atoms with van der Waals surface area (Å²) in [5.41, 5.74) is 2.59. The molecule has 0 radical (unpaired) electrons. The molecule has 4 rings (SSSR count). The molecule has 1 N–H and O–H groups in total. The number of benzene rings is 1. The number of aromatic nitrogens is 2. The van der Waals surface area contributed by atoms with E-state index in [1.54, 1.807) is 12.4 Å². The van der Waals surface area contributed by atoms with Crippen molar-refractivity contribution >= 4 is 50.6 Å². The summed E-state index contributed by atoms with van der Waals surface area (Å²) in [5, 5.41) is 4.59. The minimum Gasteiger partial charge on any atom is -0.353 e. The van der Waals surface area contributed by atoms with Crippen molar-refractivity contribution in [3.63, 3.8) is 0 Å². The number of halogens is 1. The topological polar surface area (TPSA) is 61.4 Å². The van der Waals surface area contributed by atoms with Crippen molar-refractivity contribution < 1.29 is 4.79 Å². The van der Waals surface area contributed by atoms with E-state index in [4.69, 9.17) is 11.6 Å². The lowest BCUT2D eigenvalue weighted by atomic mass is 10.1. The highest BCUT2D eigenvalue weighted by atomic mass is 35.5. The molecule has 0 aliphatic carbocycles. The van der Waals surface area contributed by atoms with Gasteiger partial charge in [-0.15, -0.1) is 11.3 Å². The second kappa shape index (κ2) is 8.88. The SMILES string of the molecule is CCCN1CCN(c2ncnc3sc(C(=O)Nc4ccc(C)c(Cl)c4)c(C)c23)CC1. The quantitative estimate of drug-likeness (QED) is 0.616. The number of thiophene rings is 1. The molecule has 1 aromatic carbocycles. The highest BCUT2D eigenvalue weighted by Gasteiger charge is 2.24. The number of fused-ring (bicyclic) bond motifs is 1. The fourth-order valence-corrected chi connectivity index (χ4v) is 5.09.